The van der Waals surface area contributed by atoms with Crippen molar-refractivity contribution < 1.29 is 0 Å². The zero-order chi connectivity index (χ0) is 9.47. The molecule has 0 aromatic heterocycles. The molecule has 2 heteroatoms. The Labute approximate surface area is 88.7 Å². The van der Waals surface area contributed by atoms with Crippen molar-refractivity contribution in [1.29, 1.82) is 0 Å². The third-order valence-electron chi connectivity index (χ3n) is 2.97. The lowest BCUT2D eigenvalue weighted by atomic mass is 9.99. The van der Waals surface area contributed by atoms with Gasteiger partial charge in [0.25, 0.3) is 0 Å². The van der Waals surface area contributed by atoms with Crippen molar-refractivity contribution >= 4 is 23.4 Å². The predicted octanol–water partition coefficient (Wildman–Crippen LogP) is 3.30. The zero-order valence-corrected chi connectivity index (χ0v) is 9.40. The van der Waals surface area contributed by atoms with Crippen LogP contribution in [-0.2, 0) is 5.41 Å². The van der Waals surface area contributed by atoms with Crippen molar-refractivity contribution in [2.24, 2.45) is 0 Å². The molecule has 1 aliphatic carbocycles. The van der Waals surface area contributed by atoms with Crippen molar-refractivity contribution in [3.63, 3.8) is 0 Å². The van der Waals surface area contributed by atoms with Gasteiger partial charge in [0.05, 0.1) is 5.38 Å². The number of hydrogen-bond acceptors (Lipinski definition) is 1. The second-order valence-electron chi connectivity index (χ2n) is 3.71. The van der Waals surface area contributed by atoms with E-state index < -0.39 is 0 Å². The Bertz CT molecular complexity index is 298. The second kappa shape index (κ2) is 3.21. The number of rotatable bonds is 2. The van der Waals surface area contributed by atoms with Crippen LogP contribution in [0.3, 0.4) is 0 Å². The van der Waals surface area contributed by atoms with Gasteiger partial charge >= 0.3 is 0 Å². The normalized spacial score (nSPS) is 37.5. The van der Waals surface area contributed by atoms with Gasteiger partial charge in [-0.25, -0.2) is 0 Å². The highest BCUT2D eigenvalue weighted by Gasteiger charge is 2.61. The Hall–Kier alpha value is -0.140. The van der Waals surface area contributed by atoms with Crippen LogP contribution in [-0.4, -0.2) is 16.9 Å². The molecular weight excluding hydrogens is 200 g/mol. The summed E-state index contributed by atoms with van der Waals surface area (Å²) < 4.78 is 0. The van der Waals surface area contributed by atoms with Crippen molar-refractivity contribution in [3.8, 4) is 0 Å². The molecule has 13 heavy (non-hydrogen) atoms. The van der Waals surface area contributed by atoms with Crippen LogP contribution in [0.2, 0.25) is 0 Å². The summed E-state index contributed by atoms with van der Waals surface area (Å²) in [5.41, 5.74) is 1.57. The predicted molar refractivity (Wildman–Crippen MR) is 60.7 cm³/mol. The van der Waals surface area contributed by atoms with E-state index in [1.54, 1.807) is 0 Å². The summed E-state index contributed by atoms with van der Waals surface area (Å²) in [6.45, 7) is 2.25. The van der Waals surface area contributed by atoms with E-state index in [1.807, 2.05) is 17.8 Å². The van der Waals surface area contributed by atoms with E-state index in [2.05, 4.69) is 37.4 Å². The van der Waals surface area contributed by atoms with E-state index in [0.29, 0.717) is 10.6 Å². The lowest BCUT2D eigenvalue weighted by molar-refractivity contribution is 0.795. The molecule has 0 amide bonds. The number of halogens is 1. The average Bonchev–Trinajstić information content (AvgIpc) is 2.72. The highest BCUT2D eigenvalue weighted by molar-refractivity contribution is 7.99. The lowest BCUT2D eigenvalue weighted by Gasteiger charge is -2.09. The van der Waals surface area contributed by atoms with Gasteiger partial charge in [0.1, 0.15) is 0 Å². The average molecular weight is 213 g/mol. The summed E-state index contributed by atoms with van der Waals surface area (Å²) in [4.78, 5) is 0. The number of benzene rings is 1. The molecule has 70 valence electrons. The largest absolute Gasteiger partial charge is 0.159 e. The van der Waals surface area contributed by atoms with Crippen molar-refractivity contribution in [3.05, 3.63) is 35.9 Å². The molecule has 1 aliphatic rings. The van der Waals surface area contributed by atoms with Gasteiger partial charge in [0.2, 0.25) is 0 Å². The highest BCUT2D eigenvalue weighted by Crippen LogP contribution is 2.57. The quantitative estimate of drug-likeness (QED) is 0.678. The van der Waals surface area contributed by atoms with Crippen molar-refractivity contribution in [1.82, 2.24) is 0 Å². The fourth-order valence-electron chi connectivity index (χ4n) is 1.91. The number of alkyl halides is 1. The minimum Gasteiger partial charge on any atom is -0.159 e. The molecule has 0 saturated heterocycles. The molecule has 3 atom stereocenters. The first kappa shape index (κ1) is 9.42. The van der Waals surface area contributed by atoms with Crippen molar-refractivity contribution in [2.75, 3.05) is 6.26 Å². The zero-order valence-electron chi connectivity index (χ0n) is 7.83. The molecule has 2 rings (SSSR count). The van der Waals surface area contributed by atoms with Crippen molar-refractivity contribution in [2.45, 2.75) is 23.0 Å². The van der Waals surface area contributed by atoms with Crippen LogP contribution >= 0.6 is 23.4 Å². The van der Waals surface area contributed by atoms with Crippen LogP contribution in [0, 0.1) is 0 Å². The maximum Gasteiger partial charge on any atom is 0.0568 e. The molecule has 0 nitrogen and oxygen atoms in total. The molecule has 1 saturated carbocycles. The minimum absolute atomic E-state index is 0.197. The minimum atomic E-state index is 0.197. The molecule has 1 aromatic rings. The fourth-order valence-corrected chi connectivity index (χ4v) is 3.96. The smallest absolute Gasteiger partial charge is 0.0568 e. The summed E-state index contributed by atoms with van der Waals surface area (Å²) in [7, 11) is 0. The van der Waals surface area contributed by atoms with E-state index in [0.717, 1.165) is 0 Å². The Balaban J connectivity index is 2.29. The monoisotopic (exact) mass is 212 g/mol. The van der Waals surface area contributed by atoms with E-state index in [9.17, 15) is 0 Å². The van der Waals surface area contributed by atoms with E-state index in [4.69, 9.17) is 11.6 Å². The van der Waals surface area contributed by atoms with Gasteiger partial charge in [-0.1, -0.05) is 37.3 Å². The summed E-state index contributed by atoms with van der Waals surface area (Å²) in [6.07, 6.45) is 2.13. The maximum atomic E-state index is 6.27. The Kier molecular flexibility index (Phi) is 2.33. The molecular formula is C11H13ClS. The van der Waals surface area contributed by atoms with E-state index >= 15 is 0 Å². The summed E-state index contributed by atoms with van der Waals surface area (Å²) in [5.74, 6) is 0. The third kappa shape index (κ3) is 1.29. The van der Waals surface area contributed by atoms with Gasteiger partial charge in [-0.15, -0.1) is 11.6 Å². The molecule has 0 bridgehead atoms. The fraction of sp³-hybridized carbons (Fsp3) is 0.455. The summed E-state index contributed by atoms with van der Waals surface area (Å²) in [5, 5.41) is 0.876. The summed E-state index contributed by atoms with van der Waals surface area (Å²) >= 11 is 8.14. The van der Waals surface area contributed by atoms with Gasteiger partial charge < -0.3 is 0 Å². The number of thioether (sulfide) groups is 1. The van der Waals surface area contributed by atoms with Gasteiger partial charge in [-0.05, 0) is 11.8 Å². The van der Waals surface area contributed by atoms with Crippen LogP contribution in [0.5, 0.6) is 0 Å². The first-order valence-corrected chi connectivity index (χ1v) is 6.16. The van der Waals surface area contributed by atoms with Crippen LogP contribution in [0.4, 0.5) is 0 Å². The third-order valence-corrected chi connectivity index (χ3v) is 5.09. The summed E-state index contributed by atoms with van der Waals surface area (Å²) in [6, 6.07) is 10.6. The van der Waals surface area contributed by atoms with E-state index in [1.165, 1.54) is 5.56 Å². The topological polar surface area (TPSA) is 0 Å². The molecule has 1 fully saturated rings. The molecule has 1 aromatic carbocycles. The van der Waals surface area contributed by atoms with Gasteiger partial charge in [-0.2, -0.15) is 11.8 Å². The van der Waals surface area contributed by atoms with Gasteiger partial charge in [0.15, 0.2) is 0 Å². The Morgan fingerprint density at radius 3 is 2.38 bits per heavy atom. The molecule has 0 radical (unpaired) electrons. The molecule has 0 spiro atoms. The van der Waals surface area contributed by atoms with Crippen LogP contribution in [0.1, 0.15) is 12.5 Å². The van der Waals surface area contributed by atoms with E-state index in [-0.39, 0.29) is 5.41 Å². The molecule has 0 heterocycles. The lowest BCUT2D eigenvalue weighted by Crippen LogP contribution is -2.06. The highest BCUT2D eigenvalue weighted by atomic mass is 35.5. The van der Waals surface area contributed by atoms with Crippen LogP contribution in [0.15, 0.2) is 30.3 Å². The van der Waals surface area contributed by atoms with Gasteiger partial charge in [-0.3, -0.25) is 0 Å². The first-order valence-electron chi connectivity index (χ1n) is 4.43. The number of hydrogen-bond donors (Lipinski definition) is 0. The van der Waals surface area contributed by atoms with Gasteiger partial charge in [0, 0.05) is 10.7 Å². The van der Waals surface area contributed by atoms with Crippen LogP contribution in [0.25, 0.3) is 0 Å². The molecule has 0 unspecified atom stereocenters. The standard InChI is InChI=1S/C11H13ClS/c1-11(9(12)10(11)13-2)8-6-4-3-5-7-8/h3-7,9-10H,1-2H3/t9-,10-,11-/m1/s1. The maximum absolute atomic E-state index is 6.27. The Morgan fingerprint density at radius 1 is 1.31 bits per heavy atom. The second-order valence-corrected chi connectivity index (χ2v) is 5.16. The Morgan fingerprint density at radius 2 is 1.92 bits per heavy atom. The molecule has 0 N–H and O–H groups in total. The SMILES string of the molecule is CS[C@@H]1[C@@H](Cl)[C@@]1(C)c1ccccc1. The van der Waals surface area contributed by atoms with Crippen LogP contribution < -0.4 is 0 Å². The first-order chi connectivity index (χ1) is 6.21. The molecule has 0 aliphatic heterocycles.